The quantitative estimate of drug-likeness (QED) is 0.466. The van der Waals surface area contributed by atoms with E-state index in [1.165, 1.54) is 13.0 Å². The summed E-state index contributed by atoms with van der Waals surface area (Å²) in [6, 6.07) is 0. The average molecular weight is 188 g/mol. The number of allylic oxidation sites excluding steroid dienone is 1. The molecule has 0 aliphatic heterocycles. The van der Waals surface area contributed by atoms with Gasteiger partial charge in [-0.25, -0.2) is 4.79 Å². The standard InChI is InChI=1S/C8H12O5/c1-2-6(8(11)12)5-7(10)13-4-3-9/h2,9H,3-5H2,1H3,(H,11,12). The summed E-state index contributed by atoms with van der Waals surface area (Å²) < 4.78 is 4.48. The molecule has 0 fully saturated rings. The maximum atomic E-state index is 10.8. The van der Waals surface area contributed by atoms with Crippen molar-refractivity contribution in [2.45, 2.75) is 13.3 Å². The highest BCUT2D eigenvalue weighted by Crippen LogP contribution is 2.02. The van der Waals surface area contributed by atoms with Crippen LogP contribution in [0.1, 0.15) is 13.3 Å². The van der Waals surface area contributed by atoms with E-state index in [4.69, 9.17) is 10.2 Å². The molecular formula is C8H12O5. The van der Waals surface area contributed by atoms with Crippen LogP contribution in [0.3, 0.4) is 0 Å². The highest BCUT2D eigenvalue weighted by molar-refractivity contribution is 5.92. The number of aliphatic hydroxyl groups excluding tert-OH is 1. The lowest BCUT2D eigenvalue weighted by Gasteiger charge is -2.02. The van der Waals surface area contributed by atoms with Gasteiger partial charge in [0.15, 0.2) is 0 Å². The van der Waals surface area contributed by atoms with Gasteiger partial charge in [-0.2, -0.15) is 0 Å². The Morgan fingerprint density at radius 2 is 2.08 bits per heavy atom. The first-order valence-corrected chi connectivity index (χ1v) is 3.76. The smallest absolute Gasteiger partial charge is 0.331 e. The number of hydrogen-bond acceptors (Lipinski definition) is 4. The number of aliphatic carboxylic acids is 1. The van der Waals surface area contributed by atoms with Crippen LogP contribution in [-0.4, -0.2) is 35.4 Å². The Labute approximate surface area is 75.6 Å². The minimum absolute atomic E-state index is 0.0112. The van der Waals surface area contributed by atoms with Crippen LogP contribution in [0.25, 0.3) is 0 Å². The summed E-state index contributed by atoms with van der Waals surface area (Å²) in [6.45, 7) is 1.17. The average Bonchev–Trinajstić information content (AvgIpc) is 2.10. The van der Waals surface area contributed by atoms with Gasteiger partial charge in [-0.1, -0.05) is 6.08 Å². The highest BCUT2D eigenvalue weighted by Gasteiger charge is 2.12. The number of hydrogen-bond donors (Lipinski definition) is 2. The van der Waals surface area contributed by atoms with Crippen molar-refractivity contribution in [2.75, 3.05) is 13.2 Å². The van der Waals surface area contributed by atoms with E-state index in [0.29, 0.717) is 0 Å². The summed E-state index contributed by atoms with van der Waals surface area (Å²) in [5.74, 6) is -1.78. The molecule has 0 rings (SSSR count). The zero-order valence-electron chi connectivity index (χ0n) is 7.32. The molecule has 5 heteroatoms. The largest absolute Gasteiger partial charge is 0.478 e. The summed E-state index contributed by atoms with van der Waals surface area (Å²) >= 11 is 0. The lowest BCUT2D eigenvalue weighted by atomic mass is 10.2. The van der Waals surface area contributed by atoms with Crippen LogP contribution in [-0.2, 0) is 14.3 Å². The molecular weight excluding hydrogens is 176 g/mol. The van der Waals surface area contributed by atoms with Crippen molar-refractivity contribution in [3.05, 3.63) is 11.6 Å². The molecule has 0 aromatic rings. The van der Waals surface area contributed by atoms with Crippen LogP contribution in [0.5, 0.6) is 0 Å². The number of esters is 1. The Morgan fingerprint density at radius 3 is 2.46 bits per heavy atom. The number of ether oxygens (including phenoxy) is 1. The summed E-state index contributed by atoms with van der Waals surface area (Å²) in [7, 11) is 0. The molecule has 0 saturated carbocycles. The van der Waals surface area contributed by atoms with E-state index in [9.17, 15) is 9.59 Å². The normalized spacial score (nSPS) is 11.1. The second-order valence-corrected chi connectivity index (χ2v) is 2.24. The molecule has 0 aliphatic carbocycles. The summed E-state index contributed by atoms with van der Waals surface area (Å²) in [5, 5.41) is 16.8. The molecule has 5 nitrogen and oxygen atoms in total. The Bertz CT molecular complexity index is 219. The zero-order chi connectivity index (χ0) is 10.3. The van der Waals surface area contributed by atoms with Crippen molar-refractivity contribution < 1.29 is 24.5 Å². The zero-order valence-corrected chi connectivity index (χ0v) is 7.32. The Kier molecular flexibility index (Phi) is 5.54. The van der Waals surface area contributed by atoms with Crippen molar-refractivity contribution in [3.8, 4) is 0 Å². The predicted octanol–water partition coefficient (Wildman–Crippen LogP) is -0.0571. The van der Waals surface area contributed by atoms with Gasteiger partial charge in [0.2, 0.25) is 0 Å². The third-order valence-corrected chi connectivity index (χ3v) is 1.31. The van der Waals surface area contributed by atoms with Crippen LogP contribution >= 0.6 is 0 Å². The molecule has 0 aromatic carbocycles. The van der Waals surface area contributed by atoms with Crippen molar-refractivity contribution in [3.63, 3.8) is 0 Å². The molecule has 0 atom stereocenters. The summed E-state index contributed by atoms with van der Waals surface area (Å²) in [6.07, 6.45) is 1.06. The van der Waals surface area contributed by atoms with Gasteiger partial charge in [0.25, 0.3) is 0 Å². The second-order valence-electron chi connectivity index (χ2n) is 2.24. The summed E-state index contributed by atoms with van der Waals surface area (Å²) in [4.78, 5) is 21.3. The van der Waals surface area contributed by atoms with Crippen molar-refractivity contribution in [1.29, 1.82) is 0 Å². The molecule has 0 spiro atoms. The van der Waals surface area contributed by atoms with Gasteiger partial charge >= 0.3 is 11.9 Å². The van der Waals surface area contributed by atoms with Gasteiger partial charge in [-0.3, -0.25) is 4.79 Å². The van der Waals surface area contributed by atoms with E-state index in [1.54, 1.807) is 0 Å². The van der Waals surface area contributed by atoms with Gasteiger partial charge in [-0.15, -0.1) is 0 Å². The van der Waals surface area contributed by atoms with Crippen LogP contribution in [0.15, 0.2) is 11.6 Å². The summed E-state index contributed by atoms with van der Waals surface area (Å²) in [5.41, 5.74) is -0.0112. The van der Waals surface area contributed by atoms with Crippen molar-refractivity contribution in [2.24, 2.45) is 0 Å². The molecule has 0 heterocycles. The lowest BCUT2D eigenvalue weighted by Crippen LogP contribution is -2.12. The van der Waals surface area contributed by atoms with E-state index >= 15 is 0 Å². The number of carboxylic acids is 1. The minimum Gasteiger partial charge on any atom is -0.478 e. The van der Waals surface area contributed by atoms with E-state index < -0.39 is 11.9 Å². The highest BCUT2D eigenvalue weighted by atomic mass is 16.5. The molecule has 0 bridgehead atoms. The van der Waals surface area contributed by atoms with E-state index in [0.717, 1.165) is 0 Å². The van der Waals surface area contributed by atoms with Crippen LogP contribution in [0.2, 0.25) is 0 Å². The molecule has 0 aliphatic rings. The second kappa shape index (κ2) is 6.19. The maximum Gasteiger partial charge on any atom is 0.331 e. The van der Waals surface area contributed by atoms with E-state index in [2.05, 4.69) is 4.74 Å². The van der Waals surface area contributed by atoms with Gasteiger partial charge in [-0.05, 0) is 6.92 Å². The number of carbonyl (C=O) groups is 2. The van der Waals surface area contributed by atoms with Gasteiger partial charge < -0.3 is 14.9 Å². The third kappa shape index (κ3) is 4.97. The van der Waals surface area contributed by atoms with Crippen LogP contribution in [0, 0.1) is 0 Å². The van der Waals surface area contributed by atoms with Crippen molar-refractivity contribution in [1.82, 2.24) is 0 Å². The van der Waals surface area contributed by atoms with Gasteiger partial charge in [0.05, 0.1) is 13.0 Å². The fourth-order valence-electron chi connectivity index (χ4n) is 0.667. The Hall–Kier alpha value is -1.36. The molecule has 13 heavy (non-hydrogen) atoms. The van der Waals surface area contributed by atoms with E-state index in [1.807, 2.05) is 0 Å². The Morgan fingerprint density at radius 1 is 1.46 bits per heavy atom. The lowest BCUT2D eigenvalue weighted by molar-refractivity contribution is -0.145. The predicted molar refractivity (Wildman–Crippen MR) is 44.1 cm³/mol. The minimum atomic E-state index is -1.14. The van der Waals surface area contributed by atoms with Crippen molar-refractivity contribution >= 4 is 11.9 Å². The Balaban J connectivity index is 3.96. The fraction of sp³-hybridized carbons (Fsp3) is 0.500. The molecule has 0 aromatic heterocycles. The number of aliphatic hydroxyl groups is 1. The fourth-order valence-corrected chi connectivity index (χ4v) is 0.667. The molecule has 0 unspecified atom stereocenters. The van der Waals surface area contributed by atoms with Gasteiger partial charge in [0.1, 0.15) is 6.61 Å². The molecule has 0 amide bonds. The number of rotatable bonds is 5. The number of carbonyl (C=O) groups excluding carboxylic acids is 1. The first-order valence-electron chi connectivity index (χ1n) is 3.76. The first kappa shape index (κ1) is 11.6. The van der Waals surface area contributed by atoms with Crippen LogP contribution < -0.4 is 0 Å². The molecule has 74 valence electrons. The molecule has 0 saturated heterocycles. The number of carboxylic acid groups (broad SMARTS) is 1. The SMILES string of the molecule is CC=C(CC(=O)OCCO)C(=O)O. The maximum absolute atomic E-state index is 10.8. The third-order valence-electron chi connectivity index (χ3n) is 1.31. The molecule has 0 radical (unpaired) electrons. The molecule has 2 N–H and O–H groups in total. The van der Waals surface area contributed by atoms with Crippen LogP contribution in [0.4, 0.5) is 0 Å². The first-order chi connectivity index (χ1) is 6.11. The topological polar surface area (TPSA) is 83.8 Å². The van der Waals surface area contributed by atoms with E-state index in [-0.39, 0.29) is 25.2 Å². The van der Waals surface area contributed by atoms with Gasteiger partial charge in [0, 0.05) is 5.57 Å². The monoisotopic (exact) mass is 188 g/mol.